The highest BCUT2D eigenvalue weighted by atomic mass is 32.1. The number of hydrogen-bond donors (Lipinski definition) is 0. The van der Waals surface area contributed by atoms with E-state index in [1.54, 1.807) is 0 Å². The van der Waals surface area contributed by atoms with Gasteiger partial charge in [0.15, 0.2) is 0 Å². The van der Waals surface area contributed by atoms with Crippen LogP contribution >= 0.6 is 11.5 Å². The molecule has 1 aliphatic heterocycles. The molecule has 0 aliphatic carbocycles. The molecule has 2 aromatic heterocycles. The van der Waals surface area contributed by atoms with Gasteiger partial charge in [-0.3, -0.25) is 9.58 Å². The van der Waals surface area contributed by atoms with E-state index >= 15 is 0 Å². The minimum atomic E-state index is 0.414. The smallest absolute Gasteiger partial charge is 0.204 e. The van der Waals surface area contributed by atoms with Crippen molar-refractivity contribution in [2.45, 2.75) is 32.2 Å². The van der Waals surface area contributed by atoms with Crippen LogP contribution in [0.15, 0.2) is 12.3 Å². The third kappa shape index (κ3) is 3.40. The summed E-state index contributed by atoms with van der Waals surface area (Å²) in [5, 5.41) is 5.40. The number of hydrogen-bond acceptors (Lipinski definition) is 6. The molecule has 1 fully saturated rings. The molecule has 126 valence electrons. The van der Waals surface area contributed by atoms with E-state index in [0.29, 0.717) is 12.0 Å². The molecule has 6 nitrogen and oxygen atoms in total. The van der Waals surface area contributed by atoms with Gasteiger partial charge in [0, 0.05) is 44.8 Å². The van der Waals surface area contributed by atoms with Gasteiger partial charge in [0.05, 0.1) is 11.7 Å². The maximum absolute atomic E-state index is 4.62. The van der Waals surface area contributed by atoms with E-state index < -0.39 is 0 Å². The lowest BCUT2D eigenvalue weighted by molar-refractivity contribution is 0.118. The molecule has 0 N–H and O–H groups in total. The molecule has 0 spiro atoms. The Kier molecular flexibility index (Phi) is 4.96. The van der Waals surface area contributed by atoms with Crippen LogP contribution in [0.4, 0.5) is 5.13 Å². The lowest BCUT2D eigenvalue weighted by Crippen LogP contribution is -2.41. The van der Waals surface area contributed by atoms with Crippen LogP contribution in [0.5, 0.6) is 0 Å². The van der Waals surface area contributed by atoms with Crippen molar-refractivity contribution in [3.8, 4) is 0 Å². The van der Waals surface area contributed by atoms with Gasteiger partial charge in [-0.2, -0.15) is 9.47 Å². The second kappa shape index (κ2) is 6.97. The Morgan fingerprint density at radius 2 is 2.22 bits per heavy atom. The third-order valence-electron chi connectivity index (χ3n) is 4.78. The van der Waals surface area contributed by atoms with E-state index in [9.17, 15) is 0 Å². The van der Waals surface area contributed by atoms with Crippen molar-refractivity contribution in [3.63, 3.8) is 0 Å². The maximum Gasteiger partial charge on any atom is 0.204 e. The number of rotatable bonds is 5. The number of aromatic nitrogens is 4. The van der Waals surface area contributed by atoms with Gasteiger partial charge >= 0.3 is 0 Å². The molecular formula is C16H26N6S. The first-order chi connectivity index (χ1) is 11.1. The first kappa shape index (κ1) is 16.4. The summed E-state index contributed by atoms with van der Waals surface area (Å²) in [6, 6.07) is 2.57. The first-order valence-electron chi connectivity index (χ1n) is 8.32. The molecular weight excluding hydrogens is 308 g/mol. The predicted molar refractivity (Wildman–Crippen MR) is 93.9 cm³/mol. The summed E-state index contributed by atoms with van der Waals surface area (Å²) in [4.78, 5) is 9.36. The van der Waals surface area contributed by atoms with Gasteiger partial charge in [0.1, 0.15) is 5.82 Å². The van der Waals surface area contributed by atoms with Gasteiger partial charge < -0.3 is 4.90 Å². The normalized spacial score (nSPS) is 22.4. The number of nitrogens with zero attached hydrogens (tertiary/aromatic N) is 6. The van der Waals surface area contributed by atoms with Crippen LogP contribution in [-0.4, -0.2) is 51.2 Å². The highest BCUT2D eigenvalue weighted by Crippen LogP contribution is 2.35. The summed E-state index contributed by atoms with van der Waals surface area (Å²) < 4.78 is 6.42. The zero-order valence-corrected chi connectivity index (χ0v) is 15.3. The fourth-order valence-corrected chi connectivity index (χ4v) is 4.28. The summed E-state index contributed by atoms with van der Waals surface area (Å²) >= 11 is 1.51. The average Bonchev–Trinajstić information content (AvgIpc) is 3.16. The van der Waals surface area contributed by atoms with Crippen LogP contribution in [-0.2, 0) is 13.5 Å². The van der Waals surface area contributed by atoms with E-state index in [4.69, 9.17) is 0 Å². The Balaban J connectivity index is 1.77. The summed E-state index contributed by atoms with van der Waals surface area (Å²) in [5.41, 5.74) is 1.30. The van der Waals surface area contributed by atoms with Gasteiger partial charge in [0.2, 0.25) is 5.13 Å². The van der Waals surface area contributed by atoms with E-state index in [0.717, 1.165) is 30.5 Å². The number of anilines is 1. The summed E-state index contributed by atoms with van der Waals surface area (Å²) in [7, 11) is 6.40. The van der Waals surface area contributed by atoms with Crippen molar-refractivity contribution in [2.75, 3.05) is 32.1 Å². The Hall–Kier alpha value is -1.47. The van der Waals surface area contributed by atoms with Gasteiger partial charge in [-0.05, 0) is 38.4 Å². The summed E-state index contributed by atoms with van der Waals surface area (Å²) in [5.74, 6) is 1.52. The van der Waals surface area contributed by atoms with Gasteiger partial charge in [-0.15, -0.1) is 0 Å². The molecule has 7 heteroatoms. The fourth-order valence-electron chi connectivity index (χ4n) is 3.57. The largest absolute Gasteiger partial charge is 0.350 e. The van der Waals surface area contributed by atoms with E-state index in [1.807, 2.05) is 17.9 Å². The van der Waals surface area contributed by atoms with Gasteiger partial charge in [0.25, 0.3) is 0 Å². The molecule has 2 atom stereocenters. The fraction of sp³-hybridized carbons (Fsp3) is 0.688. The minimum Gasteiger partial charge on any atom is -0.350 e. The molecule has 3 rings (SSSR count). The summed E-state index contributed by atoms with van der Waals surface area (Å²) in [6.45, 7) is 4.24. The Bertz CT molecular complexity index is 636. The minimum absolute atomic E-state index is 0.414. The van der Waals surface area contributed by atoms with E-state index in [1.165, 1.54) is 30.1 Å². The standard InChI is InChI=1S/C16H26N6S/c1-5-14-18-16(23-19-14)21(3)11-12-7-6-10-20(2)15(12)13-8-9-17-22(13)4/h8-9,12,15H,5-7,10-11H2,1-4H3/t12-,15+/m0/s1. The SMILES string of the molecule is CCc1nsc(N(C)C[C@@H]2CCCN(C)[C@H]2c2ccnn2C)n1. The number of piperidine rings is 1. The topological polar surface area (TPSA) is 50.1 Å². The Morgan fingerprint density at radius 3 is 2.87 bits per heavy atom. The molecule has 3 heterocycles. The molecule has 0 aromatic carbocycles. The van der Waals surface area contributed by atoms with Crippen molar-refractivity contribution in [3.05, 3.63) is 23.8 Å². The molecule has 1 aliphatic rings. The molecule has 2 aromatic rings. The van der Waals surface area contributed by atoms with Crippen LogP contribution in [0.1, 0.15) is 37.3 Å². The average molecular weight is 334 g/mol. The van der Waals surface area contributed by atoms with Crippen molar-refractivity contribution >= 4 is 16.7 Å². The number of aryl methyl sites for hydroxylation is 2. The second-order valence-corrected chi connectivity index (χ2v) is 7.16. The number of likely N-dealkylation sites (tertiary alicyclic amines) is 1. The van der Waals surface area contributed by atoms with Crippen LogP contribution in [0.2, 0.25) is 0 Å². The monoisotopic (exact) mass is 334 g/mol. The van der Waals surface area contributed by atoms with E-state index in [-0.39, 0.29) is 0 Å². The molecule has 0 unspecified atom stereocenters. The van der Waals surface area contributed by atoms with Crippen LogP contribution in [0.3, 0.4) is 0 Å². The van der Waals surface area contributed by atoms with Gasteiger partial charge in [-0.1, -0.05) is 6.92 Å². The zero-order valence-electron chi connectivity index (χ0n) is 14.4. The highest BCUT2D eigenvalue weighted by Gasteiger charge is 2.33. The van der Waals surface area contributed by atoms with Crippen LogP contribution < -0.4 is 4.90 Å². The van der Waals surface area contributed by atoms with Crippen molar-refractivity contribution < 1.29 is 0 Å². The van der Waals surface area contributed by atoms with Crippen LogP contribution in [0, 0.1) is 5.92 Å². The molecule has 0 saturated carbocycles. The lowest BCUT2D eigenvalue weighted by Gasteiger charge is -2.40. The van der Waals surface area contributed by atoms with E-state index in [2.05, 4.69) is 51.3 Å². The zero-order chi connectivity index (χ0) is 16.4. The van der Waals surface area contributed by atoms with Crippen molar-refractivity contribution in [2.24, 2.45) is 13.0 Å². The third-order valence-corrected chi connectivity index (χ3v) is 5.65. The maximum atomic E-state index is 4.62. The second-order valence-electron chi connectivity index (χ2n) is 6.43. The molecule has 23 heavy (non-hydrogen) atoms. The molecule has 1 saturated heterocycles. The van der Waals surface area contributed by atoms with Crippen molar-refractivity contribution in [1.29, 1.82) is 0 Å². The molecule has 0 amide bonds. The summed E-state index contributed by atoms with van der Waals surface area (Å²) in [6.07, 6.45) is 5.29. The van der Waals surface area contributed by atoms with Gasteiger partial charge in [-0.25, -0.2) is 4.98 Å². The predicted octanol–water partition coefficient (Wildman–Crippen LogP) is 2.35. The Morgan fingerprint density at radius 1 is 1.39 bits per heavy atom. The quantitative estimate of drug-likeness (QED) is 0.840. The molecule has 0 bridgehead atoms. The lowest BCUT2D eigenvalue weighted by atomic mass is 9.87. The molecule has 0 radical (unpaired) electrons. The Labute approximate surface area is 142 Å². The first-order valence-corrected chi connectivity index (χ1v) is 9.09. The highest BCUT2D eigenvalue weighted by molar-refractivity contribution is 7.09. The van der Waals surface area contributed by atoms with Crippen LogP contribution in [0.25, 0.3) is 0 Å². The van der Waals surface area contributed by atoms with Crippen molar-refractivity contribution in [1.82, 2.24) is 24.0 Å².